The van der Waals surface area contributed by atoms with Gasteiger partial charge in [-0.15, -0.1) is 0 Å². The largest absolute Gasteiger partial charge is 0.393 e. The smallest absolute Gasteiger partial charge is 0.226 e. The number of carbonyl (C=O) groups excluding carboxylic acids is 1. The van der Waals surface area contributed by atoms with Gasteiger partial charge in [0, 0.05) is 28.5 Å². The summed E-state index contributed by atoms with van der Waals surface area (Å²) in [6, 6.07) is 5.76. The van der Waals surface area contributed by atoms with Crippen molar-refractivity contribution >= 4 is 29.1 Å². The topological polar surface area (TPSA) is 40.5 Å². The van der Waals surface area contributed by atoms with Gasteiger partial charge in [-0.05, 0) is 56.2 Å². The second-order valence-electron chi connectivity index (χ2n) is 6.38. The third-order valence-corrected chi connectivity index (χ3v) is 5.68. The molecule has 2 fully saturated rings. The Morgan fingerprint density at radius 1 is 1.09 bits per heavy atom. The number of carbonyl (C=O) groups is 1. The molecule has 1 N–H and O–H groups in total. The van der Waals surface area contributed by atoms with Crippen LogP contribution in [0.2, 0.25) is 10.0 Å². The number of halogens is 2. The summed E-state index contributed by atoms with van der Waals surface area (Å²) in [4.78, 5) is 14.7. The molecule has 5 heteroatoms. The van der Waals surface area contributed by atoms with Gasteiger partial charge in [-0.25, -0.2) is 0 Å². The van der Waals surface area contributed by atoms with Crippen LogP contribution in [0.5, 0.6) is 0 Å². The van der Waals surface area contributed by atoms with E-state index in [1.165, 1.54) is 0 Å². The Morgan fingerprint density at radius 3 is 2.36 bits per heavy atom. The molecule has 0 aromatic heterocycles. The summed E-state index contributed by atoms with van der Waals surface area (Å²) in [7, 11) is 0. The third kappa shape index (κ3) is 3.27. The van der Waals surface area contributed by atoms with Gasteiger partial charge in [0.05, 0.1) is 6.10 Å². The van der Waals surface area contributed by atoms with Gasteiger partial charge < -0.3 is 10.0 Å². The van der Waals surface area contributed by atoms with E-state index in [4.69, 9.17) is 23.2 Å². The van der Waals surface area contributed by atoms with Crippen molar-refractivity contribution < 1.29 is 9.90 Å². The van der Waals surface area contributed by atoms with E-state index in [0.717, 1.165) is 44.2 Å². The minimum atomic E-state index is -0.188. The van der Waals surface area contributed by atoms with Crippen LogP contribution in [0, 0.1) is 5.92 Å². The molecule has 2 aliphatic rings. The zero-order valence-corrected chi connectivity index (χ0v) is 14.0. The fourth-order valence-electron chi connectivity index (χ4n) is 3.66. The predicted molar refractivity (Wildman–Crippen MR) is 88.2 cm³/mol. The van der Waals surface area contributed by atoms with Crippen LogP contribution in [0.15, 0.2) is 18.2 Å². The van der Waals surface area contributed by atoms with Crippen LogP contribution in [0.4, 0.5) is 0 Å². The number of hydrogen-bond acceptors (Lipinski definition) is 2. The summed E-state index contributed by atoms with van der Waals surface area (Å²) in [5, 5.41) is 10.9. The van der Waals surface area contributed by atoms with E-state index in [0.29, 0.717) is 22.5 Å². The summed E-state index contributed by atoms with van der Waals surface area (Å²) < 4.78 is 0. The monoisotopic (exact) mass is 341 g/mol. The van der Waals surface area contributed by atoms with Gasteiger partial charge in [0.1, 0.15) is 0 Å². The molecule has 3 rings (SSSR count). The van der Waals surface area contributed by atoms with Crippen molar-refractivity contribution in [3.63, 3.8) is 0 Å². The van der Waals surface area contributed by atoms with Crippen molar-refractivity contribution in [2.45, 2.75) is 50.7 Å². The number of rotatable bonds is 3. The van der Waals surface area contributed by atoms with Crippen LogP contribution in [0.25, 0.3) is 0 Å². The highest BCUT2D eigenvalue weighted by molar-refractivity contribution is 6.36. The van der Waals surface area contributed by atoms with Gasteiger partial charge in [0.25, 0.3) is 0 Å². The van der Waals surface area contributed by atoms with Crippen molar-refractivity contribution in [2.24, 2.45) is 5.92 Å². The van der Waals surface area contributed by atoms with Gasteiger partial charge in [-0.1, -0.05) is 29.3 Å². The Hall–Kier alpha value is -0.770. The number of aliphatic hydroxyl groups is 1. The molecule has 3 nitrogen and oxygen atoms in total. The van der Waals surface area contributed by atoms with Gasteiger partial charge in [0.2, 0.25) is 5.91 Å². The highest BCUT2D eigenvalue weighted by atomic mass is 35.5. The standard InChI is InChI=1S/C17H21Cl2NO2/c18-15-2-1-3-16(19)14(15)10-11-8-9-20(17(11)22)12-4-6-13(21)7-5-12/h1-3,11-13,21H,4-10H2/t11?,12-,13+. The summed E-state index contributed by atoms with van der Waals surface area (Å²) >= 11 is 12.4. The molecule has 1 aromatic carbocycles. The fraction of sp³-hybridized carbons (Fsp3) is 0.588. The first-order valence-electron chi connectivity index (χ1n) is 7.97. The molecule has 120 valence electrons. The fourth-order valence-corrected chi connectivity index (χ4v) is 4.21. The molecule has 1 amide bonds. The van der Waals surface area contributed by atoms with E-state index in [2.05, 4.69) is 0 Å². The maximum absolute atomic E-state index is 12.7. The molecular formula is C17H21Cl2NO2. The average molecular weight is 342 g/mol. The van der Waals surface area contributed by atoms with E-state index >= 15 is 0 Å². The molecule has 0 bridgehead atoms. The van der Waals surface area contributed by atoms with Crippen LogP contribution in [0.1, 0.15) is 37.7 Å². The van der Waals surface area contributed by atoms with E-state index in [1.54, 1.807) is 0 Å². The summed E-state index contributed by atoms with van der Waals surface area (Å²) in [6.07, 6.45) is 4.71. The molecule has 1 saturated heterocycles. The molecule has 0 spiro atoms. The van der Waals surface area contributed by atoms with E-state index in [-0.39, 0.29) is 17.9 Å². The Labute approximate surface area is 141 Å². The lowest BCUT2D eigenvalue weighted by Crippen LogP contribution is -2.41. The number of hydrogen-bond donors (Lipinski definition) is 1. The zero-order chi connectivity index (χ0) is 15.7. The molecule has 1 heterocycles. The number of aliphatic hydroxyl groups excluding tert-OH is 1. The highest BCUT2D eigenvalue weighted by Gasteiger charge is 2.37. The Morgan fingerprint density at radius 2 is 1.73 bits per heavy atom. The van der Waals surface area contributed by atoms with E-state index < -0.39 is 0 Å². The lowest BCUT2D eigenvalue weighted by Gasteiger charge is -2.33. The zero-order valence-electron chi connectivity index (χ0n) is 12.5. The first-order chi connectivity index (χ1) is 10.6. The average Bonchev–Trinajstić information content (AvgIpc) is 2.85. The first kappa shape index (κ1) is 16.1. The highest BCUT2D eigenvalue weighted by Crippen LogP contribution is 2.33. The molecule has 1 unspecified atom stereocenters. The van der Waals surface area contributed by atoms with Gasteiger partial charge in [0.15, 0.2) is 0 Å². The van der Waals surface area contributed by atoms with Gasteiger partial charge in [-0.2, -0.15) is 0 Å². The molecule has 1 saturated carbocycles. The van der Waals surface area contributed by atoms with Crippen molar-refractivity contribution in [2.75, 3.05) is 6.54 Å². The Kier molecular flexibility index (Phi) is 4.96. The molecule has 1 atom stereocenters. The minimum Gasteiger partial charge on any atom is -0.393 e. The number of likely N-dealkylation sites (tertiary alicyclic amines) is 1. The third-order valence-electron chi connectivity index (χ3n) is 4.97. The maximum Gasteiger partial charge on any atom is 0.226 e. The molecular weight excluding hydrogens is 321 g/mol. The predicted octanol–water partition coefficient (Wildman–Crippen LogP) is 3.69. The first-order valence-corrected chi connectivity index (χ1v) is 8.73. The minimum absolute atomic E-state index is 0.0238. The van der Waals surface area contributed by atoms with E-state index in [9.17, 15) is 9.90 Å². The number of amides is 1. The second kappa shape index (κ2) is 6.77. The van der Waals surface area contributed by atoms with Crippen molar-refractivity contribution in [1.29, 1.82) is 0 Å². The SMILES string of the molecule is O=C1C(Cc2c(Cl)cccc2Cl)CCN1[C@H]1CC[C@@H](O)CC1. The lowest BCUT2D eigenvalue weighted by molar-refractivity contribution is -0.133. The molecule has 0 radical (unpaired) electrons. The number of benzene rings is 1. The summed E-state index contributed by atoms with van der Waals surface area (Å²) in [5.74, 6) is 0.196. The van der Waals surface area contributed by atoms with E-state index in [1.807, 2.05) is 23.1 Å². The Balaban J connectivity index is 1.66. The maximum atomic E-state index is 12.7. The van der Waals surface area contributed by atoms with Crippen LogP contribution >= 0.6 is 23.2 Å². The quantitative estimate of drug-likeness (QED) is 0.910. The molecule has 1 aliphatic carbocycles. The summed E-state index contributed by atoms with van der Waals surface area (Å²) in [6.45, 7) is 0.812. The second-order valence-corrected chi connectivity index (χ2v) is 7.20. The molecule has 1 aromatic rings. The number of nitrogens with zero attached hydrogens (tertiary/aromatic N) is 1. The molecule has 1 aliphatic heterocycles. The van der Waals surface area contributed by atoms with Gasteiger partial charge in [-0.3, -0.25) is 4.79 Å². The van der Waals surface area contributed by atoms with Gasteiger partial charge >= 0.3 is 0 Å². The van der Waals surface area contributed by atoms with Crippen molar-refractivity contribution in [3.8, 4) is 0 Å². The Bertz CT molecular complexity index is 535. The summed E-state index contributed by atoms with van der Waals surface area (Å²) in [5.41, 5.74) is 0.880. The van der Waals surface area contributed by atoms with Crippen LogP contribution in [-0.2, 0) is 11.2 Å². The van der Waals surface area contributed by atoms with Crippen LogP contribution in [0.3, 0.4) is 0 Å². The normalized spacial score (nSPS) is 29.1. The van der Waals surface area contributed by atoms with Crippen molar-refractivity contribution in [3.05, 3.63) is 33.8 Å². The van der Waals surface area contributed by atoms with Crippen LogP contribution in [-0.4, -0.2) is 34.6 Å². The van der Waals surface area contributed by atoms with Crippen LogP contribution < -0.4 is 0 Å². The van der Waals surface area contributed by atoms with Crippen molar-refractivity contribution in [1.82, 2.24) is 4.90 Å². The molecule has 22 heavy (non-hydrogen) atoms. The lowest BCUT2D eigenvalue weighted by atomic mass is 9.92.